The first-order chi connectivity index (χ1) is 23.2. The number of likely N-dealkylation sites (tertiary alicyclic amines) is 1. The number of fused-ring (bicyclic) bond motifs is 1. The Morgan fingerprint density at radius 2 is 1.83 bits per heavy atom. The summed E-state index contributed by atoms with van der Waals surface area (Å²) >= 11 is 6.67. The summed E-state index contributed by atoms with van der Waals surface area (Å²) in [7, 11) is -1.45. The van der Waals surface area contributed by atoms with E-state index >= 15 is 4.79 Å². The van der Waals surface area contributed by atoms with Gasteiger partial charge in [0.15, 0.2) is 5.54 Å². The number of anilines is 1. The Kier molecular flexibility index (Phi) is 8.40. The molecule has 14 heteroatoms. The van der Waals surface area contributed by atoms with Crippen LogP contribution in [-0.2, 0) is 31.7 Å². The summed E-state index contributed by atoms with van der Waals surface area (Å²) in [5, 5.41) is 3.18. The maximum atomic E-state index is 15.5. The third kappa shape index (κ3) is 5.21. The Morgan fingerprint density at radius 1 is 1.02 bits per heavy atom. The maximum absolute atomic E-state index is 15.5. The number of hydrogen-bond acceptors (Lipinski definition) is 10. The molecule has 4 aromatic rings. The van der Waals surface area contributed by atoms with Gasteiger partial charge in [-0.05, 0) is 73.0 Å². The maximum Gasteiger partial charge on any atom is 0.271 e. The fourth-order valence-electron chi connectivity index (χ4n) is 7.18. The average molecular weight is 692 g/mol. The van der Waals surface area contributed by atoms with Gasteiger partial charge in [-0.25, -0.2) is 17.7 Å². The molecule has 2 fully saturated rings. The number of amides is 2. The van der Waals surface area contributed by atoms with E-state index in [1.807, 2.05) is 21.9 Å². The molecule has 0 spiro atoms. The zero-order valence-corrected chi connectivity index (χ0v) is 28.0. The molecule has 0 radical (unpaired) electrons. The molecule has 2 unspecified atom stereocenters. The van der Waals surface area contributed by atoms with Crippen molar-refractivity contribution < 1.29 is 31.9 Å². The van der Waals surface area contributed by atoms with Gasteiger partial charge in [-0.2, -0.15) is 0 Å². The number of aromatic nitrogens is 1. The van der Waals surface area contributed by atoms with Crippen LogP contribution in [0.5, 0.6) is 11.5 Å². The summed E-state index contributed by atoms with van der Waals surface area (Å²) in [4.78, 5) is 36.1. The predicted octanol–water partition coefficient (Wildman–Crippen LogP) is 4.09. The van der Waals surface area contributed by atoms with Crippen LogP contribution in [0.15, 0.2) is 82.4 Å². The van der Waals surface area contributed by atoms with Crippen LogP contribution in [-0.4, -0.2) is 75.4 Å². The Bertz CT molecular complexity index is 1970. The summed E-state index contributed by atoms with van der Waals surface area (Å²) in [5.74, 6) is 0.500. The average Bonchev–Trinajstić information content (AvgIpc) is 3.84. The summed E-state index contributed by atoms with van der Waals surface area (Å²) in [6.45, 7) is 2.26. The topological polar surface area (TPSA) is 135 Å². The number of benzene rings is 3. The number of hydrogen-bond donors (Lipinski definition) is 1. The number of oxazole rings is 1. The number of sulfonamides is 1. The van der Waals surface area contributed by atoms with Gasteiger partial charge in [-0.1, -0.05) is 17.7 Å². The highest BCUT2D eigenvalue weighted by atomic mass is 35.5. The highest BCUT2D eigenvalue weighted by molar-refractivity contribution is 7.93. The zero-order valence-electron chi connectivity index (χ0n) is 26.4. The smallest absolute Gasteiger partial charge is 0.271 e. The minimum atomic E-state index is -4.45. The van der Waals surface area contributed by atoms with Crippen LogP contribution in [0.1, 0.15) is 41.5 Å². The molecular formula is C34H34ClN5O7S. The van der Waals surface area contributed by atoms with Crippen molar-refractivity contribution in [1.82, 2.24) is 20.1 Å². The monoisotopic (exact) mass is 691 g/mol. The second-order valence-corrected chi connectivity index (χ2v) is 14.2. The Morgan fingerprint density at radius 3 is 2.54 bits per heavy atom. The van der Waals surface area contributed by atoms with Gasteiger partial charge in [0, 0.05) is 42.3 Å². The summed E-state index contributed by atoms with van der Waals surface area (Å²) < 4.78 is 47.0. The van der Waals surface area contributed by atoms with Gasteiger partial charge in [-0.15, -0.1) is 0 Å². The number of nitrogens with one attached hydrogen (secondary N) is 1. The van der Waals surface area contributed by atoms with E-state index in [0.717, 1.165) is 9.87 Å². The van der Waals surface area contributed by atoms with Crippen molar-refractivity contribution in [2.75, 3.05) is 44.7 Å². The lowest BCUT2D eigenvalue weighted by molar-refractivity contribution is -0.127. The van der Waals surface area contributed by atoms with Gasteiger partial charge >= 0.3 is 0 Å². The van der Waals surface area contributed by atoms with Crippen molar-refractivity contribution in [3.8, 4) is 11.5 Å². The quantitative estimate of drug-likeness (QED) is 0.274. The molecule has 3 aliphatic heterocycles. The lowest BCUT2D eigenvalue weighted by Crippen LogP contribution is -2.54. The van der Waals surface area contributed by atoms with E-state index in [1.54, 1.807) is 30.5 Å². The van der Waals surface area contributed by atoms with Crippen molar-refractivity contribution in [2.45, 2.75) is 35.9 Å². The molecule has 0 bridgehead atoms. The molecule has 3 aliphatic rings. The van der Waals surface area contributed by atoms with Crippen molar-refractivity contribution in [3.05, 3.63) is 101 Å². The Labute approximate surface area is 283 Å². The third-order valence-electron chi connectivity index (χ3n) is 9.26. The fourth-order valence-corrected chi connectivity index (χ4v) is 8.81. The Balaban J connectivity index is 1.47. The molecule has 2 saturated heterocycles. The number of methoxy groups -OCH3 is 2. The van der Waals surface area contributed by atoms with E-state index < -0.39 is 27.5 Å². The number of piperazine rings is 1. The SMILES string of the molecule is COc1ccc(S(=O)(=O)N2C(=O)C(c3cc(CN4CCNC(=O)C4)ccc3OC)(N3CCCC3c3ncco3)c3cc(Cl)ccc32)cc1. The van der Waals surface area contributed by atoms with Crippen LogP contribution in [0.3, 0.4) is 0 Å². The Hall–Kier alpha value is -4.43. The summed E-state index contributed by atoms with van der Waals surface area (Å²) in [6.07, 6.45) is 4.34. The van der Waals surface area contributed by atoms with Crippen LogP contribution in [0.4, 0.5) is 5.69 Å². The molecule has 1 N–H and O–H groups in total. The second-order valence-electron chi connectivity index (χ2n) is 11.9. The summed E-state index contributed by atoms with van der Waals surface area (Å²) in [5.41, 5.74) is 0.112. The van der Waals surface area contributed by atoms with E-state index in [2.05, 4.69) is 10.3 Å². The van der Waals surface area contributed by atoms with Gasteiger partial charge in [0.1, 0.15) is 17.8 Å². The predicted molar refractivity (Wildman–Crippen MR) is 176 cm³/mol. The van der Waals surface area contributed by atoms with Gasteiger partial charge in [-0.3, -0.25) is 19.4 Å². The molecule has 3 aromatic carbocycles. The molecule has 0 saturated carbocycles. The van der Waals surface area contributed by atoms with E-state index in [-0.39, 0.29) is 23.0 Å². The van der Waals surface area contributed by atoms with Crippen molar-refractivity contribution in [3.63, 3.8) is 0 Å². The lowest BCUT2D eigenvalue weighted by atomic mass is 9.80. The van der Waals surface area contributed by atoms with E-state index in [9.17, 15) is 13.2 Å². The molecule has 2 atom stereocenters. The van der Waals surface area contributed by atoms with Crippen LogP contribution in [0, 0.1) is 0 Å². The standard InChI is InChI=1S/C34H34ClN5O7S/c1-45-24-7-9-25(10-8-24)48(43,44)40-28-11-6-23(35)19-26(28)34(33(40)42,39-15-3-4-29(39)32-37-14-17-47-32)27-18-22(5-12-30(27)46-2)20-38-16-13-36-31(41)21-38/h5-12,14,17-19,29H,3-4,13,15-16,20-21H2,1-2H3,(H,36,41). The van der Waals surface area contributed by atoms with Crippen LogP contribution < -0.4 is 19.1 Å². The first-order valence-electron chi connectivity index (χ1n) is 15.5. The number of ether oxygens (including phenoxy) is 2. The van der Waals surface area contributed by atoms with E-state index in [1.165, 1.54) is 44.7 Å². The van der Waals surface area contributed by atoms with Gasteiger partial charge < -0.3 is 19.2 Å². The molecule has 250 valence electrons. The molecule has 2 amide bonds. The minimum absolute atomic E-state index is 0.0637. The molecular weight excluding hydrogens is 658 g/mol. The summed E-state index contributed by atoms with van der Waals surface area (Å²) in [6, 6.07) is 15.8. The molecule has 0 aliphatic carbocycles. The molecule has 48 heavy (non-hydrogen) atoms. The van der Waals surface area contributed by atoms with E-state index in [4.69, 9.17) is 25.5 Å². The largest absolute Gasteiger partial charge is 0.497 e. The zero-order chi connectivity index (χ0) is 33.6. The lowest BCUT2D eigenvalue weighted by Gasteiger charge is -2.41. The second kappa shape index (κ2) is 12.5. The number of halogens is 1. The normalized spacial score (nSPS) is 21.7. The molecule has 12 nitrogen and oxygen atoms in total. The van der Waals surface area contributed by atoms with Gasteiger partial charge in [0.2, 0.25) is 11.8 Å². The van der Waals surface area contributed by atoms with Crippen LogP contribution in [0.25, 0.3) is 0 Å². The number of rotatable bonds is 9. The van der Waals surface area contributed by atoms with Gasteiger partial charge in [0.25, 0.3) is 15.9 Å². The van der Waals surface area contributed by atoms with Crippen LogP contribution >= 0.6 is 11.6 Å². The van der Waals surface area contributed by atoms with Crippen molar-refractivity contribution in [1.29, 1.82) is 0 Å². The van der Waals surface area contributed by atoms with Gasteiger partial charge in [0.05, 0.1) is 43.6 Å². The fraction of sp³-hybridized carbons (Fsp3) is 0.324. The van der Waals surface area contributed by atoms with Crippen molar-refractivity contribution in [2.24, 2.45) is 0 Å². The van der Waals surface area contributed by atoms with E-state index in [0.29, 0.717) is 72.6 Å². The number of carbonyl (C=O) groups excluding carboxylic acids is 2. The third-order valence-corrected chi connectivity index (χ3v) is 11.2. The number of nitrogens with zero attached hydrogens (tertiary/aromatic N) is 4. The number of carbonyl (C=O) groups is 2. The van der Waals surface area contributed by atoms with Crippen molar-refractivity contribution >= 4 is 39.1 Å². The van der Waals surface area contributed by atoms with Crippen LogP contribution in [0.2, 0.25) is 5.02 Å². The first kappa shape index (κ1) is 32.1. The minimum Gasteiger partial charge on any atom is -0.497 e. The highest BCUT2D eigenvalue weighted by Gasteiger charge is 2.62. The highest BCUT2D eigenvalue weighted by Crippen LogP contribution is 2.57. The molecule has 7 rings (SSSR count). The first-order valence-corrected chi connectivity index (χ1v) is 17.4. The molecule has 4 heterocycles. The molecule has 1 aromatic heterocycles.